The van der Waals surface area contributed by atoms with E-state index >= 15 is 0 Å². The highest BCUT2D eigenvalue weighted by atomic mass is 16.3. The van der Waals surface area contributed by atoms with Gasteiger partial charge in [-0.25, -0.2) is 0 Å². The Morgan fingerprint density at radius 3 is 2.17 bits per heavy atom. The van der Waals surface area contributed by atoms with E-state index in [9.17, 15) is 5.11 Å². The molecule has 1 unspecified atom stereocenters. The van der Waals surface area contributed by atoms with Crippen LogP contribution in [0.1, 0.15) is 49.5 Å². The molecule has 0 aliphatic carbocycles. The molecule has 0 spiro atoms. The van der Waals surface area contributed by atoms with E-state index in [1.165, 1.54) is 24.0 Å². The van der Waals surface area contributed by atoms with Gasteiger partial charge in [0.1, 0.15) is 6.10 Å². The fourth-order valence-electron chi connectivity index (χ4n) is 2.53. The van der Waals surface area contributed by atoms with Crippen LogP contribution < -0.4 is 5.32 Å². The summed E-state index contributed by atoms with van der Waals surface area (Å²) in [7, 11) is 0. The zero-order valence-electron chi connectivity index (χ0n) is 14.2. The van der Waals surface area contributed by atoms with Crippen molar-refractivity contribution >= 4 is 5.69 Å². The summed E-state index contributed by atoms with van der Waals surface area (Å²) >= 11 is 0. The first kappa shape index (κ1) is 17.3. The van der Waals surface area contributed by atoms with Crippen LogP contribution in [0.4, 0.5) is 5.69 Å². The van der Waals surface area contributed by atoms with E-state index in [2.05, 4.69) is 50.0 Å². The summed E-state index contributed by atoms with van der Waals surface area (Å²) in [5.41, 5.74) is 5.02. The molecule has 0 saturated heterocycles. The van der Waals surface area contributed by atoms with Crippen molar-refractivity contribution in [3.05, 3.63) is 77.5 Å². The van der Waals surface area contributed by atoms with E-state index in [1.807, 2.05) is 24.3 Å². The molecule has 0 saturated carbocycles. The van der Waals surface area contributed by atoms with Crippen LogP contribution in [0.15, 0.2) is 60.8 Å². The minimum atomic E-state index is -0.707. The van der Waals surface area contributed by atoms with Gasteiger partial charge in [-0.05, 0) is 48.1 Å². The third kappa shape index (κ3) is 4.97. The Bertz CT molecular complexity index is 613. The Morgan fingerprint density at radius 2 is 1.61 bits per heavy atom. The lowest BCUT2D eigenvalue weighted by Gasteiger charge is -2.17. The minimum Gasteiger partial charge on any atom is -0.382 e. The number of nitrogens with one attached hydrogen (secondary N) is 1. The molecule has 2 heteroatoms. The highest BCUT2D eigenvalue weighted by Crippen LogP contribution is 2.23. The Hall–Kier alpha value is -2.06. The van der Waals surface area contributed by atoms with Gasteiger partial charge in [-0.15, -0.1) is 0 Å². The Labute approximate surface area is 139 Å². The molecule has 0 amide bonds. The fourth-order valence-corrected chi connectivity index (χ4v) is 2.53. The summed E-state index contributed by atoms with van der Waals surface area (Å²) in [4.78, 5) is 0. The van der Waals surface area contributed by atoms with E-state index in [1.54, 1.807) is 0 Å². The van der Waals surface area contributed by atoms with Gasteiger partial charge in [0.15, 0.2) is 0 Å². The van der Waals surface area contributed by atoms with Crippen molar-refractivity contribution in [3.8, 4) is 0 Å². The van der Waals surface area contributed by atoms with Crippen molar-refractivity contribution in [2.45, 2.75) is 45.6 Å². The molecule has 2 aromatic carbocycles. The van der Waals surface area contributed by atoms with Crippen LogP contribution in [-0.2, 0) is 12.8 Å². The highest BCUT2D eigenvalue weighted by Gasteiger charge is 2.11. The van der Waals surface area contributed by atoms with Gasteiger partial charge < -0.3 is 10.4 Å². The predicted octanol–water partition coefficient (Wildman–Crippen LogP) is 5.25. The van der Waals surface area contributed by atoms with Gasteiger partial charge in [0.2, 0.25) is 0 Å². The monoisotopic (exact) mass is 309 g/mol. The van der Waals surface area contributed by atoms with E-state index < -0.39 is 6.10 Å². The predicted molar refractivity (Wildman–Crippen MR) is 98.6 cm³/mol. The average Bonchev–Trinajstić information content (AvgIpc) is 2.60. The number of anilines is 1. The number of unbranched alkanes of at least 4 members (excludes halogenated alkanes) is 1. The van der Waals surface area contributed by atoms with Gasteiger partial charge in [-0.2, -0.15) is 0 Å². The molecule has 2 N–H and O–H groups in total. The first-order valence-electron chi connectivity index (χ1n) is 8.45. The SMILES string of the molecule is C=C(Nc1ccc(CC)cc1)C(O)c1ccc(CCCC)cc1. The first-order chi connectivity index (χ1) is 11.1. The van der Waals surface area contributed by atoms with Crippen LogP contribution in [0.25, 0.3) is 0 Å². The van der Waals surface area contributed by atoms with E-state index in [0.29, 0.717) is 5.70 Å². The van der Waals surface area contributed by atoms with E-state index in [0.717, 1.165) is 24.1 Å². The molecule has 0 aliphatic rings. The second-order valence-electron chi connectivity index (χ2n) is 5.95. The van der Waals surface area contributed by atoms with Gasteiger partial charge in [0.25, 0.3) is 0 Å². The van der Waals surface area contributed by atoms with Gasteiger partial charge >= 0.3 is 0 Å². The Morgan fingerprint density at radius 1 is 1.00 bits per heavy atom. The molecular weight excluding hydrogens is 282 g/mol. The lowest BCUT2D eigenvalue weighted by Crippen LogP contribution is -2.09. The molecule has 0 radical (unpaired) electrons. The maximum Gasteiger partial charge on any atom is 0.118 e. The number of aryl methyl sites for hydroxylation is 2. The molecule has 2 rings (SSSR count). The smallest absolute Gasteiger partial charge is 0.118 e. The van der Waals surface area contributed by atoms with Crippen LogP contribution in [0, 0.1) is 0 Å². The number of rotatable bonds is 8. The third-order valence-electron chi connectivity index (χ3n) is 4.11. The molecule has 1 atom stereocenters. The number of benzene rings is 2. The molecule has 2 nitrogen and oxygen atoms in total. The molecule has 122 valence electrons. The molecule has 0 bridgehead atoms. The maximum absolute atomic E-state index is 10.5. The minimum absolute atomic E-state index is 0.593. The van der Waals surface area contributed by atoms with Crippen LogP contribution in [0.2, 0.25) is 0 Å². The first-order valence-corrected chi connectivity index (χ1v) is 8.45. The zero-order chi connectivity index (χ0) is 16.7. The van der Waals surface area contributed by atoms with Crippen molar-refractivity contribution in [1.82, 2.24) is 0 Å². The number of hydrogen-bond donors (Lipinski definition) is 2. The quantitative estimate of drug-likeness (QED) is 0.698. The lowest BCUT2D eigenvalue weighted by molar-refractivity contribution is 0.217. The van der Waals surface area contributed by atoms with Crippen LogP contribution in [-0.4, -0.2) is 5.11 Å². The standard InChI is InChI=1S/C21H27NO/c1-4-6-7-18-8-12-19(13-9-18)21(23)16(3)22-20-14-10-17(5-2)11-15-20/h8-15,21-23H,3-7H2,1-2H3. The molecule has 0 aromatic heterocycles. The molecule has 0 aliphatic heterocycles. The van der Waals surface area contributed by atoms with Gasteiger partial charge in [0.05, 0.1) is 0 Å². The van der Waals surface area contributed by atoms with Gasteiger partial charge in [-0.3, -0.25) is 0 Å². The topological polar surface area (TPSA) is 32.3 Å². The van der Waals surface area contributed by atoms with Crippen molar-refractivity contribution in [2.24, 2.45) is 0 Å². The molecule has 0 heterocycles. The van der Waals surface area contributed by atoms with Gasteiger partial charge in [-0.1, -0.05) is 63.2 Å². The van der Waals surface area contributed by atoms with Crippen molar-refractivity contribution < 1.29 is 5.11 Å². The Kier molecular flexibility index (Phi) is 6.42. The van der Waals surface area contributed by atoms with E-state index in [-0.39, 0.29) is 0 Å². The summed E-state index contributed by atoms with van der Waals surface area (Å²) < 4.78 is 0. The third-order valence-corrected chi connectivity index (χ3v) is 4.11. The van der Waals surface area contributed by atoms with Crippen LogP contribution in [0.5, 0.6) is 0 Å². The second-order valence-corrected chi connectivity index (χ2v) is 5.95. The normalized spacial score (nSPS) is 12.0. The largest absolute Gasteiger partial charge is 0.382 e. The lowest BCUT2D eigenvalue weighted by atomic mass is 10.0. The van der Waals surface area contributed by atoms with Crippen molar-refractivity contribution in [1.29, 1.82) is 0 Å². The number of hydrogen-bond acceptors (Lipinski definition) is 2. The summed E-state index contributed by atoms with van der Waals surface area (Å²) in [5.74, 6) is 0. The van der Waals surface area contributed by atoms with E-state index in [4.69, 9.17) is 0 Å². The van der Waals surface area contributed by atoms with Crippen molar-refractivity contribution in [2.75, 3.05) is 5.32 Å². The average molecular weight is 309 g/mol. The second kappa shape index (κ2) is 8.54. The van der Waals surface area contributed by atoms with Crippen LogP contribution in [0.3, 0.4) is 0 Å². The fraction of sp³-hybridized carbons (Fsp3) is 0.333. The molecule has 23 heavy (non-hydrogen) atoms. The summed E-state index contributed by atoms with van der Waals surface area (Å²) in [6, 6.07) is 16.4. The maximum atomic E-state index is 10.5. The zero-order valence-corrected chi connectivity index (χ0v) is 14.2. The number of aliphatic hydroxyl groups excluding tert-OH is 1. The highest BCUT2D eigenvalue weighted by molar-refractivity contribution is 5.50. The molecule has 2 aromatic rings. The summed E-state index contributed by atoms with van der Waals surface area (Å²) in [5, 5.41) is 13.7. The molecule has 0 fully saturated rings. The van der Waals surface area contributed by atoms with Gasteiger partial charge in [0, 0.05) is 11.4 Å². The summed E-state index contributed by atoms with van der Waals surface area (Å²) in [6.07, 6.45) is 3.80. The number of aliphatic hydroxyl groups is 1. The Balaban J connectivity index is 1.97. The van der Waals surface area contributed by atoms with Crippen molar-refractivity contribution in [3.63, 3.8) is 0 Å². The summed E-state index contributed by atoms with van der Waals surface area (Å²) in [6.45, 7) is 8.31. The van der Waals surface area contributed by atoms with Crippen LogP contribution >= 0.6 is 0 Å². The molecular formula is C21H27NO.